The number of fused-ring (bicyclic) bond motifs is 5. The molecule has 1 aliphatic rings. The number of aromatic amines is 1. The van der Waals surface area contributed by atoms with Gasteiger partial charge in [-0.15, -0.1) is 0 Å². The quantitative estimate of drug-likeness (QED) is 0.478. The number of hydrogen-bond acceptors (Lipinski definition) is 4. The molecule has 2 aromatic carbocycles. The number of benzene rings is 2. The van der Waals surface area contributed by atoms with Crippen LogP contribution in [0.1, 0.15) is 40.0 Å². The molecule has 0 saturated heterocycles. The lowest BCUT2D eigenvalue weighted by molar-refractivity contribution is 0.0951. The van der Waals surface area contributed by atoms with Gasteiger partial charge in [-0.05, 0) is 70.0 Å². The Morgan fingerprint density at radius 2 is 1.85 bits per heavy atom. The monoisotopic (exact) mass is 445 g/mol. The van der Waals surface area contributed by atoms with Crippen LogP contribution in [0, 0.1) is 12.7 Å². The van der Waals surface area contributed by atoms with E-state index in [0.29, 0.717) is 23.1 Å². The molecular formula is C26H28FN5O. The van der Waals surface area contributed by atoms with Crippen molar-refractivity contribution in [3.63, 3.8) is 0 Å². The number of rotatable bonds is 5. The van der Waals surface area contributed by atoms with Crippen LogP contribution >= 0.6 is 0 Å². The van der Waals surface area contributed by atoms with Crippen LogP contribution in [-0.2, 0) is 12.8 Å². The number of halogens is 1. The molecule has 2 N–H and O–H groups in total. The van der Waals surface area contributed by atoms with E-state index in [1.54, 1.807) is 0 Å². The average molecular weight is 446 g/mol. The third kappa shape index (κ3) is 3.86. The topological polar surface area (TPSA) is 73.9 Å². The standard InChI is InChI=1S/C26H28FN5O/c1-15-22-21(31-30-15)14-20(27)25-23(22)18-6-4-5-7-19(18)24(29-25)16-8-10-17(11-9-16)26(33)28-12-13-32(2)3/h8-11,14H,4-7,12-13H2,1-3H3,(H,28,33)(H,30,31). The van der Waals surface area contributed by atoms with Crippen molar-refractivity contribution in [1.82, 2.24) is 25.4 Å². The van der Waals surface area contributed by atoms with E-state index in [1.807, 2.05) is 50.2 Å². The van der Waals surface area contributed by atoms with Gasteiger partial charge in [-0.25, -0.2) is 9.37 Å². The van der Waals surface area contributed by atoms with E-state index < -0.39 is 0 Å². The van der Waals surface area contributed by atoms with Crippen LogP contribution in [0.15, 0.2) is 30.3 Å². The van der Waals surface area contributed by atoms with Crippen molar-refractivity contribution >= 4 is 27.7 Å². The molecule has 0 radical (unpaired) electrons. The van der Waals surface area contributed by atoms with Gasteiger partial charge in [-0.3, -0.25) is 9.89 Å². The average Bonchev–Trinajstić information content (AvgIpc) is 3.18. The van der Waals surface area contributed by atoms with Crippen molar-refractivity contribution in [3.8, 4) is 11.3 Å². The minimum Gasteiger partial charge on any atom is -0.351 e. The SMILES string of the molecule is Cc1[nH]nc2cc(F)c3nc(-c4ccc(C(=O)NCCN(C)C)cc4)c4c(c3c12)CCCC4. The Morgan fingerprint density at radius 3 is 2.58 bits per heavy atom. The fourth-order valence-corrected chi connectivity index (χ4v) is 4.83. The summed E-state index contributed by atoms with van der Waals surface area (Å²) < 4.78 is 15.2. The number of aryl methyl sites for hydroxylation is 2. The molecule has 1 aliphatic carbocycles. The Bertz CT molecular complexity index is 1360. The smallest absolute Gasteiger partial charge is 0.251 e. The molecular weight excluding hydrogens is 417 g/mol. The predicted octanol–water partition coefficient (Wildman–Crippen LogP) is 4.40. The van der Waals surface area contributed by atoms with Crippen molar-refractivity contribution in [3.05, 3.63) is 58.5 Å². The lowest BCUT2D eigenvalue weighted by Gasteiger charge is -2.22. The number of carbonyl (C=O) groups is 1. The molecule has 2 heterocycles. The van der Waals surface area contributed by atoms with Gasteiger partial charge in [0.25, 0.3) is 5.91 Å². The first-order valence-corrected chi connectivity index (χ1v) is 11.5. The first kappa shape index (κ1) is 21.5. The minimum atomic E-state index is -0.351. The minimum absolute atomic E-state index is 0.0965. The number of nitrogens with zero attached hydrogens (tertiary/aromatic N) is 3. The van der Waals surface area contributed by atoms with E-state index in [-0.39, 0.29) is 11.7 Å². The fraction of sp³-hybridized carbons (Fsp3) is 0.346. The van der Waals surface area contributed by atoms with E-state index in [2.05, 4.69) is 15.5 Å². The summed E-state index contributed by atoms with van der Waals surface area (Å²) >= 11 is 0. The lowest BCUT2D eigenvalue weighted by atomic mass is 9.85. The Kier molecular flexibility index (Phi) is 5.58. The molecule has 0 saturated carbocycles. The number of H-pyrrole nitrogens is 1. The highest BCUT2D eigenvalue weighted by molar-refractivity contribution is 6.09. The molecule has 170 valence electrons. The van der Waals surface area contributed by atoms with Gasteiger partial charge in [0.05, 0.1) is 11.2 Å². The van der Waals surface area contributed by atoms with Crippen LogP contribution < -0.4 is 5.32 Å². The summed E-state index contributed by atoms with van der Waals surface area (Å²) in [5, 5.41) is 12.1. The molecule has 6 nitrogen and oxygen atoms in total. The van der Waals surface area contributed by atoms with Crippen LogP contribution in [0.2, 0.25) is 0 Å². The third-order valence-electron chi connectivity index (χ3n) is 6.50. The van der Waals surface area contributed by atoms with Gasteiger partial charge < -0.3 is 10.2 Å². The van der Waals surface area contributed by atoms with E-state index in [4.69, 9.17) is 4.98 Å². The lowest BCUT2D eigenvalue weighted by Crippen LogP contribution is -2.31. The van der Waals surface area contributed by atoms with Crippen molar-refractivity contribution in [1.29, 1.82) is 0 Å². The zero-order chi connectivity index (χ0) is 23.1. The first-order valence-electron chi connectivity index (χ1n) is 11.5. The summed E-state index contributed by atoms with van der Waals surface area (Å²) in [5.74, 6) is -0.448. The molecule has 0 bridgehead atoms. The van der Waals surface area contributed by atoms with Gasteiger partial charge in [-0.2, -0.15) is 5.10 Å². The van der Waals surface area contributed by atoms with Gasteiger partial charge >= 0.3 is 0 Å². The number of hydrogen-bond donors (Lipinski definition) is 2. The highest BCUT2D eigenvalue weighted by Gasteiger charge is 2.24. The highest BCUT2D eigenvalue weighted by Crippen LogP contribution is 2.39. The summed E-state index contributed by atoms with van der Waals surface area (Å²) in [6.45, 7) is 3.35. The molecule has 1 amide bonds. The molecule has 0 fully saturated rings. The number of aromatic nitrogens is 3. The molecule has 0 aliphatic heterocycles. The second-order valence-corrected chi connectivity index (χ2v) is 9.09. The molecule has 0 spiro atoms. The summed E-state index contributed by atoms with van der Waals surface area (Å²) in [6.07, 6.45) is 3.97. The van der Waals surface area contributed by atoms with Crippen molar-refractivity contribution in [2.24, 2.45) is 0 Å². The molecule has 4 aromatic rings. The van der Waals surface area contributed by atoms with E-state index in [9.17, 15) is 4.79 Å². The largest absolute Gasteiger partial charge is 0.351 e. The van der Waals surface area contributed by atoms with Gasteiger partial charge in [0.15, 0.2) is 5.82 Å². The fourth-order valence-electron chi connectivity index (χ4n) is 4.83. The second kappa shape index (κ2) is 8.56. The molecule has 2 aromatic heterocycles. The van der Waals surface area contributed by atoms with Crippen LogP contribution in [0.4, 0.5) is 4.39 Å². The maximum atomic E-state index is 15.2. The number of nitrogens with one attached hydrogen (secondary N) is 2. The second-order valence-electron chi connectivity index (χ2n) is 9.09. The van der Waals surface area contributed by atoms with Crippen LogP contribution in [-0.4, -0.2) is 53.2 Å². The number of likely N-dealkylation sites (N-methyl/N-ethyl adjacent to an activating group) is 1. The van der Waals surface area contributed by atoms with Gasteiger partial charge in [0.1, 0.15) is 5.52 Å². The normalized spacial score (nSPS) is 13.6. The summed E-state index contributed by atoms with van der Waals surface area (Å²) in [4.78, 5) is 19.3. The Labute approximate surface area is 192 Å². The summed E-state index contributed by atoms with van der Waals surface area (Å²) in [5.41, 5.74) is 6.67. The van der Waals surface area contributed by atoms with E-state index >= 15 is 4.39 Å². The highest BCUT2D eigenvalue weighted by atomic mass is 19.1. The maximum absolute atomic E-state index is 15.2. The van der Waals surface area contributed by atoms with E-state index in [1.165, 1.54) is 17.2 Å². The van der Waals surface area contributed by atoms with Gasteiger partial charge in [-0.1, -0.05) is 12.1 Å². The van der Waals surface area contributed by atoms with E-state index in [0.717, 1.165) is 60.0 Å². The van der Waals surface area contributed by atoms with Crippen LogP contribution in [0.5, 0.6) is 0 Å². The molecule has 7 heteroatoms. The zero-order valence-electron chi connectivity index (χ0n) is 19.3. The number of amides is 1. The third-order valence-corrected chi connectivity index (χ3v) is 6.50. The van der Waals surface area contributed by atoms with Crippen LogP contribution in [0.3, 0.4) is 0 Å². The van der Waals surface area contributed by atoms with Gasteiger partial charge in [0.2, 0.25) is 0 Å². The van der Waals surface area contributed by atoms with Crippen LogP contribution in [0.25, 0.3) is 33.1 Å². The Morgan fingerprint density at radius 1 is 1.12 bits per heavy atom. The summed E-state index contributed by atoms with van der Waals surface area (Å²) in [7, 11) is 3.94. The van der Waals surface area contributed by atoms with Crippen molar-refractivity contribution < 1.29 is 9.18 Å². The van der Waals surface area contributed by atoms with Crippen molar-refractivity contribution in [2.45, 2.75) is 32.6 Å². The Hall–Kier alpha value is -3.32. The molecule has 0 atom stereocenters. The Balaban J connectivity index is 1.59. The zero-order valence-corrected chi connectivity index (χ0v) is 19.3. The first-order chi connectivity index (χ1) is 15.9. The van der Waals surface area contributed by atoms with Gasteiger partial charge in [0, 0.05) is 46.7 Å². The maximum Gasteiger partial charge on any atom is 0.251 e. The van der Waals surface area contributed by atoms with Crippen molar-refractivity contribution in [2.75, 3.05) is 27.2 Å². The molecule has 5 rings (SSSR count). The molecule has 33 heavy (non-hydrogen) atoms. The predicted molar refractivity (Wildman–Crippen MR) is 129 cm³/mol. The number of pyridine rings is 1. The summed E-state index contributed by atoms with van der Waals surface area (Å²) in [6, 6.07) is 8.95. The molecule has 0 unspecified atom stereocenters. The number of carbonyl (C=O) groups excluding carboxylic acids is 1.